The summed E-state index contributed by atoms with van der Waals surface area (Å²) in [6.07, 6.45) is 2.36. The minimum absolute atomic E-state index is 0.147. The molecule has 3 rings (SSSR count). The van der Waals surface area contributed by atoms with E-state index in [1.807, 2.05) is 6.07 Å². The minimum atomic E-state index is 0.147. The molecule has 2 aromatic rings. The van der Waals surface area contributed by atoms with Gasteiger partial charge in [0.05, 0.1) is 10.6 Å². The van der Waals surface area contributed by atoms with Crippen LogP contribution in [-0.4, -0.2) is 10.8 Å². The quantitative estimate of drug-likeness (QED) is 0.771. The summed E-state index contributed by atoms with van der Waals surface area (Å²) in [5, 5.41) is 0.978. The van der Waals surface area contributed by atoms with Crippen molar-refractivity contribution in [1.82, 2.24) is 4.98 Å². The summed E-state index contributed by atoms with van der Waals surface area (Å²) in [6, 6.07) is 8.30. The number of carbonyl (C=O) groups is 1. The van der Waals surface area contributed by atoms with Crippen LogP contribution in [0.3, 0.4) is 0 Å². The highest BCUT2D eigenvalue weighted by Crippen LogP contribution is 2.44. The highest BCUT2D eigenvalue weighted by atomic mass is 32.1. The molecule has 1 fully saturated rings. The summed E-state index contributed by atoms with van der Waals surface area (Å²) in [6.45, 7) is 3.71. The van der Waals surface area contributed by atoms with Gasteiger partial charge in [-0.2, -0.15) is 0 Å². The van der Waals surface area contributed by atoms with Crippen molar-refractivity contribution in [3.05, 3.63) is 40.4 Å². The van der Waals surface area contributed by atoms with E-state index in [2.05, 4.69) is 25.1 Å². The molecule has 1 aliphatic carbocycles. The Hall–Kier alpha value is -1.48. The number of aromatic nitrogens is 1. The molecule has 1 heterocycles. The topological polar surface area (TPSA) is 30.0 Å². The summed E-state index contributed by atoms with van der Waals surface area (Å²) in [4.78, 5) is 17.2. The van der Waals surface area contributed by atoms with E-state index < -0.39 is 0 Å². The third-order valence-corrected chi connectivity index (χ3v) is 4.42. The van der Waals surface area contributed by atoms with Gasteiger partial charge >= 0.3 is 0 Å². The van der Waals surface area contributed by atoms with Gasteiger partial charge < -0.3 is 0 Å². The van der Waals surface area contributed by atoms with Crippen molar-refractivity contribution in [2.75, 3.05) is 0 Å². The van der Waals surface area contributed by atoms with Crippen molar-refractivity contribution >= 4 is 17.1 Å². The van der Waals surface area contributed by atoms with E-state index in [1.54, 1.807) is 6.92 Å². The standard InChI is InChI=1S/C15H15NOS/c1-9-4-3-5-12(8-9)15-16-13(11-6-7-11)14(18-15)10(2)17/h3-5,8,11H,6-7H2,1-2H3. The average molecular weight is 257 g/mol. The smallest absolute Gasteiger partial charge is 0.171 e. The van der Waals surface area contributed by atoms with Crippen LogP contribution in [0.2, 0.25) is 0 Å². The molecule has 3 heteroatoms. The first-order chi connectivity index (χ1) is 8.65. The van der Waals surface area contributed by atoms with Gasteiger partial charge in [-0.25, -0.2) is 4.98 Å². The third-order valence-electron chi connectivity index (χ3n) is 3.20. The lowest BCUT2D eigenvalue weighted by atomic mass is 10.1. The van der Waals surface area contributed by atoms with E-state index >= 15 is 0 Å². The SMILES string of the molecule is CC(=O)c1sc(-c2cccc(C)c2)nc1C1CC1. The van der Waals surface area contributed by atoms with Gasteiger partial charge in [0.15, 0.2) is 5.78 Å². The fourth-order valence-electron chi connectivity index (χ4n) is 2.12. The molecule has 0 N–H and O–H groups in total. The van der Waals surface area contributed by atoms with Crippen molar-refractivity contribution in [2.45, 2.75) is 32.6 Å². The van der Waals surface area contributed by atoms with Gasteiger partial charge in [-0.3, -0.25) is 4.79 Å². The predicted octanol–water partition coefficient (Wildman–Crippen LogP) is 4.20. The van der Waals surface area contributed by atoms with Crippen LogP contribution in [0.25, 0.3) is 10.6 Å². The number of thiazole rings is 1. The number of ketones is 1. The van der Waals surface area contributed by atoms with Gasteiger partial charge in [0.25, 0.3) is 0 Å². The van der Waals surface area contributed by atoms with Crippen LogP contribution in [-0.2, 0) is 0 Å². The van der Waals surface area contributed by atoms with Crippen molar-refractivity contribution in [1.29, 1.82) is 0 Å². The first-order valence-corrected chi connectivity index (χ1v) is 7.05. The normalized spacial score (nSPS) is 14.8. The van der Waals surface area contributed by atoms with E-state index in [0.717, 1.165) is 21.1 Å². The molecule has 1 saturated carbocycles. The van der Waals surface area contributed by atoms with Gasteiger partial charge in [0.2, 0.25) is 0 Å². The van der Waals surface area contributed by atoms with E-state index in [1.165, 1.54) is 29.7 Å². The molecule has 0 saturated heterocycles. The summed E-state index contributed by atoms with van der Waals surface area (Å²) in [5.74, 6) is 0.673. The molecule has 0 unspecified atom stereocenters. The van der Waals surface area contributed by atoms with Crippen molar-refractivity contribution in [3.63, 3.8) is 0 Å². The second kappa shape index (κ2) is 4.32. The van der Waals surface area contributed by atoms with Crippen LogP contribution in [0.5, 0.6) is 0 Å². The second-order valence-corrected chi connectivity index (χ2v) is 5.93. The molecule has 92 valence electrons. The van der Waals surface area contributed by atoms with Gasteiger partial charge in [0, 0.05) is 18.4 Å². The number of Topliss-reactive ketones (excluding diaryl/α,β-unsaturated/α-hetero) is 1. The maximum absolute atomic E-state index is 11.7. The van der Waals surface area contributed by atoms with Gasteiger partial charge in [-0.1, -0.05) is 23.8 Å². The highest BCUT2D eigenvalue weighted by Gasteiger charge is 2.31. The molecule has 18 heavy (non-hydrogen) atoms. The fraction of sp³-hybridized carbons (Fsp3) is 0.333. The van der Waals surface area contributed by atoms with Crippen LogP contribution in [0.4, 0.5) is 0 Å². The van der Waals surface area contributed by atoms with Crippen LogP contribution in [0.15, 0.2) is 24.3 Å². The Morgan fingerprint density at radius 3 is 2.78 bits per heavy atom. The maximum Gasteiger partial charge on any atom is 0.171 e. The lowest BCUT2D eigenvalue weighted by Crippen LogP contribution is -1.93. The highest BCUT2D eigenvalue weighted by molar-refractivity contribution is 7.17. The summed E-state index contributed by atoms with van der Waals surface area (Å²) >= 11 is 1.54. The second-order valence-electron chi connectivity index (χ2n) is 4.93. The molecule has 2 nitrogen and oxygen atoms in total. The van der Waals surface area contributed by atoms with Gasteiger partial charge in [-0.15, -0.1) is 11.3 Å². The van der Waals surface area contributed by atoms with Crippen LogP contribution >= 0.6 is 11.3 Å². The first kappa shape index (κ1) is 11.6. The van der Waals surface area contributed by atoms with Crippen molar-refractivity contribution in [3.8, 4) is 10.6 Å². The maximum atomic E-state index is 11.7. The molecule has 1 aromatic carbocycles. The number of aryl methyl sites for hydroxylation is 1. The van der Waals surface area contributed by atoms with E-state index in [4.69, 9.17) is 4.98 Å². The number of rotatable bonds is 3. The summed E-state index contributed by atoms with van der Waals surface area (Å²) in [5.41, 5.74) is 3.37. The van der Waals surface area contributed by atoms with Crippen LogP contribution in [0, 0.1) is 6.92 Å². The molecule has 0 amide bonds. The number of hydrogen-bond donors (Lipinski definition) is 0. The van der Waals surface area contributed by atoms with E-state index in [9.17, 15) is 4.79 Å². The van der Waals surface area contributed by atoms with E-state index in [0.29, 0.717) is 5.92 Å². The fourth-order valence-corrected chi connectivity index (χ4v) is 3.16. The van der Waals surface area contributed by atoms with Gasteiger partial charge in [0.1, 0.15) is 5.01 Å². The Morgan fingerprint density at radius 2 is 2.17 bits per heavy atom. The van der Waals surface area contributed by atoms with Crippen LogP contribution in [0.1, 0.15) is 46.6 Å². The number of benzene rings is 1. The molecular formula is C15H15NOS. The Bertz CT molecular complexity index is 611. The molecule has 0 bridgehead atoms. The Kier molecular flexibility index (Phi) is 2.78. The molecule has 1 aromatic heterocycles. The zero-order valence-electron chi connectivity index (χ0n) is 10.6. The molecular weight excluding hydrogens is 242 g/mol. The average Bonchev–Trinajstić information content (AvgIpc) is 3.07. The Morgan fingerprint density at radius 1 is 1.39 bits per heavy atom. The minimum Gasteiger partial charge on any atom is -0.294 e. The molecule has 0 aliphatic heterocycles. The molecule has 0 radical (unpaired) electrons. The number of hydrogen-bond acceptors (Lipinski definition) is 3. The third kappa shape index (κ3) is 2.10. The molecule has 0 spiro atoms. The molecule has 0 atom stereocenters. The lowest BCUT2D eigenvalue weighted by molar-refractivity contribution is 0.102. The van der Waals surface area contributed by atoms with E-state index in [-0.39, 0.29) is 5.78 Å². The summed E-state index contributed by atoms with van der Waals surface area (Å²) < 4.78 is 0. The Labute approximate surface area is 111 Å². The molecule has 1 aliphatic rings. The Balaban J connectivity index is 2.07. The summed E-state index contributed by atoms with van der Waals surface area (Å²) in [7, 11) is 0. The number of carbonyl (C=O) groups excluding carboxylic acids is 1. The predicted molar refractivity (Wildman–Crippen MR) is 74.3 cm³/mol. The van der Waals surface area contributed by atoms with Crippen LogP contribution < -0.4 is 0 Å². The number of nitrogens with zero attached hydrogens (tertiary/aromatic N) is 1. The van der Waals surface area contributed by atoms with Crippen molar-refractivity contribution < 1.29 is 4.79 Å². The zero-order valence-corrected chi connectivity index (χ0v) is 11.4. The first-order valence-electron chi connectivity index (χ1n) is 6.24. The van der Waals surface area contributed by atoms with Crippen molar-refractivity contribution in [2.24, 2.45) is 0 Å². The largest absolute Gasteiger partial charge is 0.294 e. The van der Waals surface area contributed by atoms with Gasteiger partial charge in [-0.05, 0) is 25.8 Å². The monoisotopic (exact) mass is 257 g/mol. The lowest BCUT2D eigenvalue weighted by Gasteiger charge is -1.97. The zero-order chi connectivity index (χ0) is 12.7.